The lowest BCUT2D eigenvalue weighted by atomic mass is 10.2. The Bertz CT molecular complexity index is 815. The zero-order chi connectivity index (χ0) is 15.0. The molecule has 1 amide bonds. The average Bonchev–Trinajstić information content (AvgIpc) is 2.99. The van der Waals surface area contributed by atoms with Crippen LogP contribution in [-0.2, 0) is 13.6 Å². The fourth-order valence-corrected chi connectivity index (χ4v) is 2.31. The summed E-state index contributed by atoms with van der Waals surface area (Å²) in [5, 5.41) is 7.07. The van der Waals surface area contributed by atoms with Gasteiger partial charge in [-0.25, -0.2) is 4.98 Å². The molecular formula is C15H17N5O. The number of rotatable bonds is 3. The molecule has 0 aliphatic heterocycles. The Labute approximate surface area is 122 Å². The lowest BCUT2D eigenvalue weighted by molar-refractivity contribution is 0.0946. The van der Waals surface area contributed by atoms with Crippen LogP contribution in [0.5, 0.6) is 0 Å². The van der Waals surface area contributed by atoms with Crippen molar-refractivity contribution in [1.29, 1.82) is 0 Å². The van der Waals surface area contributed by atoms with Crippen molar-refractivity contribution in [3.05, 3.63) is 53.2 Å². The van der Waals surface area contributed by atoms with E-state index >= 15 is 0 Å². The normalized spacial score (nSPS) is 11.0. The van der Waals surface area contributed by atoms with E-state index in [9.17, 15) is 4.79 Å². The first kappa shape index (κ1) is 13.4. The number of amides is 1. The Morgan fingerprint density at radius 1 is 1.29 bits per heavy atom. The van der Waals surface area contributed by atoms with Crippen LogP contribution >= 0.6 is 0 Å². The largest absolute Gasteiger partial charge is 0.346 e. The van der Waals surface area contributed by atoms with Gasteiger partial charge < -0.3 is 9.72 Å². The van der Waals surface area contributed by atoms with E-state index in [1.165, 1.54) is 0 Å². The van der Waals surface area contributed by atoms with Gasteiger partial charge in [-0.1, -0.05) is 6.07 Å². The van der Waals surface area contributed by atoms with Crippen LogP contribution in [0.1, 0.15) is 27.4 Å². The summed E-state index contributed by atoms with van der Waals surface area (Å²) < 4.78 is 3.70. The Morgan fingerprint density at radius 3 is 2.76 bits per heavy atom. The number of pyridine rings is 1. The van der Waals surface area contributed by atoms with Crippen molar-refractivity contribution in [2.24, 2.45) is 7.05 Å². The van der Waals surface area contributed by atoms with Crippen molar-refractivity contribution in [1.82, 2.24) is 24.5 Å². The number of nitrogens with zero attached hydrogens (tertiary/aromatic N) is 4. The van der Waals surface area contributed by atoms with Gasteiger partial charge in [0.2, 0.25) is 0 Å². The molecule has 3 heterocycles. The molecule has 0 aromatic carbocycles. The van der Waals surface area contributed by atoms with Crippen LogP contribution in [0.15, 0.2) is 30.6 Å². The minimum atomic E-state index is -0.167. The monoisotopic (exact) mass is 283 g/mol. The van der Waals surface area contributed by atoms with Crippen LogP contribution in [0.3, 0.4) is 0 Å². The molecule has 0 unspecified atom stereocenters. The maximum Gasteiger partial charge on any atom is 0.272 e. The van der Waals surface area contributed by atoms with E-state index in [0.29, 0.717) is 12.2 Å². The maximum atomic E-state index is 12.3. The van der Waals surface area contributed by atoms with E-state index in [4.69, 9.17) is 0 Å². The molecule has 0 radical (unpaired) electrons. The molecule has 0 fully saturated rings. The van der Waals surface area contributed by atoms with Crippen molar-refractivity contribution in [3.8, 4) is 0 Å². The van der Waals surface area contributed by atoms with Gasteiger partial charge in [-0.3, -0.25) is 9.48 Å². The molecule has 0 aliphatic rings. The van der Waals surface area contributed by atoms with Crippen molar-refractivity contribution in [2.45, 2.75) is 20.4 Å². The molecule has 6 nitrogen and oxygen atoms in total. The minimum Gasteiger partial charge on any atom is -0.346 e. The molecule has 0 saturated heterocycles. The summed E-state index contributed by atoms with van der Waals surface area (Å²) in [6.45, 7) is 4.32. The van der Waals surface area contributed by atoms with Crippen LogP contribution in [0, 0.1) is 13.8 Å². The number of nitrogens with one attached hydrogen (secondary N) is 1. The van der Waals surface area contributed by atoms with E-state index in [1.807, 2.05) is 49.7 Å². The van der Waals surface area contributed by atoms with Gasteiger partial charge >= 0.3 is 0 Å². The quantitative estimate of drug-likeness (QED) is 0.794. The summed E-state index contributed by atoms with van der Waals surface area (Å²) in [6.07, 6.45) is 3.67. The lowest BCUT2D eigenvalue weighted by Crippen LogP contribution is -2.24. The summed E-state index contributed by atoms with van der Waals surface area (Å²) in [7, 11) is 1.88. The van der Waals surface area contributed by atoms with E-state index < -0.39 is 0 Å². The molecular weight excluding hydrogens is 266 g/mol. The minimum absolute atomic E-state index is 0.167. The average molecular weight is 283 g/mol. The molecule has 108 valence electrons. The predicted molar refractivity (Wildman–Crippen MR) is 79.0 cm³/mol. The highest BCUT2D eigenvalue weighted by atomic mass is 16.1. The highest BCUT2D eigenvalue weighted by Gasteiger charge is 2.15. The topological polar surface area (TPSA) is 64.2 Å². The SMILES string of the molecule is Cc1c(CNC(=O)c2nc3ccccn3c2C)cnn1C. The molecule has 21 heavy (non-hydrogen) atoms. The number of aromatic nitrogens is 4. The number of carbonyl (C=O) groups is 1. The van der Waals surface area contributed by atoms with Gasteiger partial charge in [-0.05, 0) is 26.0 Å². The first-order valence-corrected chi connectivity index (χ1v) is 6.77. The second-order valence-corrected chi connectivity index (χ2v) is 5.04. The summed E-state index contributed by atoms with van der Waals surface area (Å²) in [5.41, 5.74) is 4.13. The zero-order valence-electron chi connectivity index (χ0n) is 12.3. The van der Waals surface area contributed by atoms with Crippen molar-refractivity contribution in [3.63, 3.8) is 0 Å². The van der Waals surface area contributed by atoms with Gasteiger partial charge in [0.25, 0.3) is 5.91 Å². The molecule has 3 rings (SSSR count). The summed E-state index contributed by atoms with van der Waals surface area (Å²) in [4.78, 5) is 16.7. The van der Waals surface area contributed by atoms with Gasteiger partial charge in [0.15, 0.2) is 0 Å². The van der Waals surface area contributed by atoms with Gasteiger partial charge in [0, 0.05) is 31.0 Å². The van der Waals surface area contributed by atoms with Gasteiger partial charge in [-0.15, -0.1) is 0 Å². The van der Waals surface area contributed by atoms with Crippen LogP contribution in [-0.4, -0.2) is 25.1 Å². The molecule has 3 aromatic rings. The highest BCUT2D eigenvalue weighted by Crippen LogP contribution is 2.12. The summed E-state index contributed by atoms with van der Waals surface area (Å²) in [6, 6.07) is 5.71. The van der Waals surface area contributed by atoms with Crippen LogP contribution in [0.25, 0.3) is 5.65 Å². The number of hydrogen-bond donors (Lipinski definition) is 1. The smallest absolute Gasteiger partial charge is 0.272 e. The Morgan fingerprint density at radius 2 is 2.10 bits per heavy atom. The second-order valence-electron chi connectivity index (χ2n) is 5.04. The lowest BCUT2D eigenvalue weighted by Gasteiger charge is -2.04. The number of imidazole rings is 1. The van der Waals surface area contributed by atoms with E-state index in [0.717, 1.165) is 22.6 Å². The number of hydrogen-bond acceptors (Lipinski definition) is 3. The van der Waals surface area contributed by atoms with E-state index in [2.05, 4.69) is 15.4 Å². The molecule has 3 aromatic heterocycles. The first-order chi connectivity index (χ1) is 10.1. The molecule has 0 spiro atoms. The third-order valence-corrected chi connectivity index (χ3v) is 3.76. The zero-order valence-corrected chi connectivity index (χ0v) is 12.3. The summed E-state index contributed by atoms with van der Waals surface area (Å²) >= 11 is 0. The summed E-state index contributed by atoms with van der Waals surface area (Å²) in [5.74, 6) is -0.167. The van der Waals surface area contributed by atoms with Crippen molar-refractivity contribution >= 4 is 11.6 Å². The van der Waals surface area contributed by atoms with E-state index in [-0.39, 0.29) is 5.91 Å². The number of carbonyl (C=O) groups excluding carboxylic acids is 1. The molecule has 6 heteroatoms. The van der Waals surface area contributed by atoms with Gasteiger partial charge in [-0.2, -0.15) is 5.10 Å². The Kier molecular flexibility index (Phi) is 3.21. The Balaban J connectivity index is 1.81. The molecule has 0 atom stereocenters. The second kappa shape index (κ2) is 5.05. The third-order valence-electron chi connectivity index (χ3n) is 3.76. The number of fused-ring (bicyclic) bond motifs is 1. The standard InChI is InChI=1S/C15H17N5O/c1-10-12(9-17-19(10)3)8-16-15(21)14-11(2)20-7-5-4-6-13(20)18-14/h4-7,9H,8H2,1-3H3,(H,16,21). The fraction of sp³-hybridized carbons (Fsp3) is 0.267. The maximum absolute atomic E-state index is 12.3. The van der Waals surface area contributed by atoms with Crippen molar-refractivity contribution in [2.75, 3.05) is 0 Å². The fourth-order valence-electron chi connectivity index (χ4n) is 2.31. The highest BCUT2D eigenvalue weighted by molar-refractivity contribution is 5.94. The van der Waals surface area contributed by atoms with Crippen LogP contribution in [0.4, 0.5) is 0 Å². The third kappa shape index (κ3) is 2.29. The molecule has 1 N–H and O–H groups in total. The Hall–Kier alpha value is -2.63. The first-order valence-electron chi connectivity index (χ1n) is 6.77. The molecule has 0 aliphatic carbocycles. The van der Waals surface area contributed by atoms with Crippen LogP contribution < -0.4 is 5.32 Å². The predicted octanol–water partition coefficient (Wildman–Crippen LogP) is 1.61. The van der Waals surface area contributed by atoms with Gasteiger partial charge in [0.1, 0.15) is 11.3 Å². The number of aryl methyl sites for hydroxylation is 2. The van der Waals surface area contributed by atoms with Crippen molar-refractivity contribution < 1.29 is 4.79 Å². The van der Waals surface area contributed by atoms with Crippen LogP contribution in [0.2, 0.25) is 0 Å². The van der Waals surface area contributed by atoms with E-state index in [1.54, 1.807) is 10.9 Å². The molecule has 0 bridgehead atoms. The van der Waals surface area contributed by atoms with Gasteiger partial charge in [0.05, 0.1) is 11.9 Å². The molecule has 0 saturated carbocycles.